The number of benzene rings is 7. The van der Waals surface area contributed by atoms with Gasteiger partial charge >= 0.3 is 0 Å². The van der Waals surface area contributed by atoms with E-state index in [4.69, 9.17) is 0 Å². The summed E-state index contributed by atoms with van der Waals surface area (Å²) in [5.41, 5.74) is 10.3. The zero-order valence-electron chi connectivity index (χ0n) is 26.4. The molecule has 0 aromatic heterocycles. The number of anilines is 5. The molecule has 4 heteroatoms. The first kappa shape index (κ1) is 27.7. The van der Waals surface area contributed by atoms with E-state index >= 15 is 0 Å². The van der Waals surface area contributed by atoms with Crippen LogP contribution in [0.2, 0.25) is 0 Å². The van der Waals surface area contributed by atoms with Crippen LogP contribution < -0.4 is 9.80 Å². The average Bonchev–Trinajstić information content (AvgIpc) is 3.33. The van der Waals surface area contributed by atoms with Crippen LogP contribution in [0.5, 0.6) is 0 Å². The molecule has 7 aromatic carbocycles. The molecule has 1 heterocycles. The molecule has 46 heavy (non-hydrogen) atoms. The molecule has 0 bridgehead atoms. The van der Waals surface area contributed by atoms with Gasteiger partial charge in [0.05, 0.1) is 29.0 Å². The number of nitrogens with zero attached hydrogens (tertiary/aromatic N) is 4. The second-order valence-electron chi connectivity index (χ2n) is 13.2. The highest BCUT2D eigenvalue weighted by atomic mass is 15.2. The lowest BCUT2D eigenvalue weighted by molar-refractivity contribution is 0.569. The van der Waals surface area contributed by atoms with Crippen LogP contribution in [0.4, 0.5) is 28.4 Å². The topological polar surface area (TPSA) is 54.1 Å². The highest BCUT2D eigenvalue weighted by Gasteiger charge is 2.36. The minimum atomic E-state index is -0.0935. The van der Waals surface area contributed by atoms with Gasteiger partial charge < -0.3 is 9.80 Å². The van der Waals surface area contributed by atoms with Gasteiger partial charge in [0.15, 0.2) is 0 Å². The molecular weight excluding hydrogens is 560 g/mol. The van der Waals surface area contributed by atoms with E-state index < -0.39 is 0 Å². The zero-order valence-corrected chi connectivity index (χ0v) is 26.4. The van der Waals surface area contributed by atoms with Crippen molar-refractivity contribution in [2.75, 3.05) is 16.3 Å². The molecule has 0 unspecified atom stereocenters. The maximum atomic E-state index is 9.78. The quantitative estimate of drug-likeness (QED) is 0.191. The molecule has 1 aliphatic rings. The molecule has 0 fully saturated rings. The van der Waals surface area contributed by atoms with Crippen LogP contribution in [-0.2, 0) is 5.41 Å². The Morgan fingerprint density at radius 1 is 0.630 bits per heavy atom. The summed E-state index contributed by atoms with van der Waals surface area (Å²) >= 11 is 0. The Bertz CT molecular complexity index is 2420. The standard InChI is InChI=1S/C42H32N4/c1-26-18-27(2)20-33(19-26)46(32-7-5-6-28(21-32)23-43)38-17-12-31-9-13-34-37(16-11-30-10-14-35(38)41(31)40(30)34)45-25-42(3,4)36-22-29(24-44)8-15-39(36)45/h5-22H,25H2,1-4H3. The van der Waals surface area contributed by atoms with Crippen LogP contribution in [-0.4, -0.2) is 6.54 Å². The number of rotatable bonds is 4. The Hall–Kier alpha value is -5.84. The number of hydrogen-bond donors (Lipinski definition) is 0. The minimum Gasteiger partial charge on any atom is -0.340 e. The van der Waals surface area contributed by atoms with Gasteiger partial charge in [-0.2, -0.15) is 10.5 Å². The smallest absolute Gasteiger partial charge is 0.0992 e. The number of hydrogen-bond acceptors (Lipinski definition) is 4. The van der Waals surface area contributed by atoms with Crippen LogP contribution >= 0.6 is 0 Å². The Kier molecular flexibility index (Phi) is 6.08. The first-order valence-electron chi connectivity index (χ1n) is 15.7. The molecule has 7 aromatic rings. The van der Waals surface area contributed by atoms with Crippen molar-refractivity contribution in [3.05, 3.63) is 137 Å². The van der Waals surface area contributed by atoms with Crippen LogP contribution in [0, 0.1) is 36.5 Å². The summed E-state index contributed by atoms with van der Waals surface area (Å²) in [6.45, 7) is 9.62. The van der Waals surface area contributed by atoms with E-state index in [1.54, 1.807) is 0 Å². The number of aryl methyl sites for hydroxylation is 2. The van der Waals surface area contributed by atoms with Gasteiger partial charge in [-0.05, 0) is 113 Å². The molecule has 0 N–H and O–H groups in total. The third-order valence-corrected chi connectivity index (χ3v) is 9.55. The molecule has 4 nitrogen and oxygen atoms in total. The summed E-state index contributed by atoms with van der Waals surface area (Å²) in [5, 5.41) is 26.6. The van der Waals surface area contributed by atoms with Gasteiger partial charge in [-0.15, -0.1) is 0 Å². The largest absolute Gasteiger partial charge is 0.340 e. The van der Waals surface area contributed by atoms with Crippen molar-refractivity contribution in [2.24, 2.45) is 0 Å². The Morgan fingerprint density at radius 2 is 1.26 bits per heavy atom. The van der Waals surface area contributed by atoms with Crippen molar-refractivity contribution < 1.29 is 0 Å². The van der Waals surface area contributed by atoms with Gasteiger partial charge in [-0.3, -0.25) is 0 Å². The van der Waals surface area contributed by atoms with E-state index in [-0.39, 0.29) is 5.41 Å². The Balaban J connectivity index is 1.39. The van der Waals surface area contributed by atoms with Gasteiger partial charge in [0, 0.05) is 45.5 Å². The van der Waals surface area contributed by atoms with Crippen LogP contribution in [0.1, 0.15) is 41.7 Å². The lowest BCUT2D eigenvalue weighted by Crippen LogP contribution is -2.25. The van der Waals surface area contributed by atoms with Crippen molar-refractivity contribution in [3.63, 3.8) is 0 Å². The Morgan fingerprint density at radius 3 is 2.00 bits per heavy atom. The van der Waals surface area contributed by atoms with Gasteiger partial charge in [-0.1, -0.05) is 62.4 Å². The van der Waals surface area contributed by atoms with Crippen LogP contribution in [0.15, 0.2) is 109 Å². The molecule has 0 radical (unpaired) electrons. The van der Waals surface area contributed by atoms with Crippen molar-refractivity contribution in [1.29, 1.82) is 10.5 Å². The lowest BCUT2D eigenvalue weighted by Gasteiger charge is -2.29. The van der Waals surface area contributed by atoms with Crippen molar-refractivity contribution >= 4 is 60.8 Å². The molecule has 0 spiro atoms. The summed E-state index contributed by atoms with van der Waals surface area (Å²) < 4.78 is 0. The van der Waals surface area contributed by atoms with Gasteiger partial charge in [0.25, 0.3) is 0 Å². The average molecular weight is 593 g/mol. The van der Waals surface area contributed by atoms with Crippen LogP contribution in [0.25, 0.3) is 32.3 Å². The normalized spacial score (nSPS) is 13.7. The van der Waals surface area contributed by atoms with E-state index in [0.717, 1.165) is 34.7 Å². The number of nitriles is 2. The maximum Gasteiger partial charge on any atom is 0.0992 e. The summed E-state index contributed by atoms with van der Waals surface area (Å²) in [4.78, 5) is 4.72. The first-order chi connectivity index (χ1) is 22.3. The van der Waals surface area contributed by atoms with E-state index in [2.05, 4.69) is 135 Å². The van der Waals surface area contributed by atoms with Crippen molar-refractivity contribution in [1.82, 2.24) is 0 Å². The summed E-state index contributed by atoms with van der Waals surface area (Å²) in [5.74, 6) is 0. The second kappa shape index (κ2) is 10.1. The summed E-state index contributed by atoms with van der Waals surface area (Å²) in [6, 6.07) is 43.2. The molecule has 1 aliphatic heterocycles. The second-order valence-corrected chi connectivity index (χ2v) is 13.2. The Labute approximate surface area is 269 Å². The zero-order chi connectivity index (χ0) is 31.7. The van der Waals surface area contributed by atoms with Crippen molar-refractivity contribution in [3.8, 4) is 12.1 Å². The highest BCUT2D eigenvalue weighted by molar-refractivity contribution is 6.28. The minimum absolute atomic E-state index is 0.0935. The molecule has 220 valence electrons. The van der Waals surface area contributed by atoms with E-state index in [9.17, 15) is 10.5 Å². The lowest BCUT2D eigenvalue weighted by atomic mass is 9.86. The van der Waals surface area contributed by atoms with Gasteiger partial charge in [0.2, 0.25) is 0 Å². The molecule has 0 atom stereocenters. The molecule has 8 rings (SSSR count). The van der Waals surface area contributed by atoms with Crippen molar-refractivity contribution in [2.45, 2.75) is 33.1 Å². The van der Waals surface area contributed by atoms with E-state index in [1.807, 2.05) is 24.3 Å². The van der Waals surface area contributed by atoms with Crippen LogP contribution in [0.3, 0.4) is 0 Å². The molecule has 0 amide bonds. The number of fused-ring (bicyclic) bond motifs is 1. The maximum absolute atomic E-state index is 9.78. The summed E-state index contributed by atoms with van der Waals surface area (Å²) in [6.07, 6.45) is 0. The fourth-order valence-electron chi connectivity index (χ4n) is 7.59. The van der Waals surface area contributed by atoms with Gasteiger partial charge in [0.1, 0.15) is 0 Å². The fraction of sp³-hybridized carbons (Fsp3) is 0.143. The monoisotopic (exact) mass is 592 g/mol. The predicted octanol–water partition coefficient (Wildman–Crippen LogP) is 10.8. The van der Waals surface area contributed by atoms with E-state index in [0.29, 0.717) is 11.1 Å². The first-order valence-corrected chi connectivity index (χ1v) is 15.7. The fourth-order valence-corrected chi connectivity index (χ4v) is 7.59. The molecule has 0 aliphatic carbocycles. The molecular formula is C42H32N4. The molecule has 0 saturated carbocycles. The van der Waals surface area contributed by atoms with E-state index in [1.165, 1.54) is 49.3 Å². The summed E-state index contributed by atoms with van der Waals surface area (Å²) in [7, 11) is 0. The SMILES string of the molecule is Cc1cc(C)cc(N(c2cccc(C#N)c2)c2ccc3ccc4c(N5CC(C)(C)c6cc(C#N)ccc65)ccc5ccc2c3c54)c1. The third kappa shape index (κ3) is 4.19. The third-order valence-electron chi connectivity index (χ3n) is 9.55. The highest BCUT2D eigenvalue weighted by Crippen LogP contribution is 2.49. The predicted molar refractivity (Wildman–Crippen MR) is 190 cm³/mol. The molecule has 0 saturated heterocycles. The van der Waals surface area contributed by atoms with Gasteiger partial charge in [-0.25, -0.2) is 0 Å².